The second-order valence-corrected chi connectivity index (χ2v) is 10.7. The van der Waals surface area contributed by atoms with Crippen molar-refractivity contribution in [2.24, 2.45) is 0 Å². The lowest BCUT2D eigenvalue weighted by Crippen LogP contribution is -2.30. The number of rotatable bonds is 11. The molecule has 0 saturated heterocycles. The zero-order valence-corrected chi connectivity index (χ0v) is 24.2. The molecule has 0 heterocycles. The van der Waals surface area contributed by atoms with Crippen LogP contribution in [0.5, 0.6) is 5.75 Å². The van der Waals surface area contributed by atoms with Gasteiger partial charge in [0.15, 0.2) is 0 Å². The largest absolute Gasteiger partial charge is 0.497 e. The Kier molecular flexibility index (Phi) is 10.3. The SMILES string of the molecule is COc1ccc(/C=C(\NC(=O)c2ccccc2)C(=O)Nc2ccc(SC(C)C(=O)Nc3cccc(C(=O)O)c3)cc2)cc1. The molecule has 1 unspecified atom stereocenters. The van der Waals surface area contributed by atoms with Crippen LogP contribution in [0.25, 0.3) is 6.08 Å². The van der Waals surface area contributed by atoms with E-state index in [9.17, 15) is 19.2 Å². The highest BCUT2D eigenvalue weighted by atomic mass is 32.2. The Labute approximate surface area is 253 Å². The van der Waals surface area contributed by atoms with Gasteiger partial charge in [-0.25, -0.2) is 4.79 Å². The number of nitrogens with one attached hydrogen (secondary N) is 3. The van der Waals surface area contributed by atoms with Crippen molar-refractivity contribution in [1.29, 1.82) is 0 Å². The number of thioether (sulfide) groups is 1. The number of ether oxygens (including phenoxy) is 1. The minimum Gasteiger partial charge on any atom is -0.497 e. The molecule has 4 rings (SSSR count). The van der Waals surface area contributed by atoms with Gasteiger partial charge < -0.3 is 25.8 Å². The van der Waals surface area contributed by atoms with E-state index in [0.29, 0.717) is 28.3 Å². The molecule has 0 radical (unpaired) electrons. The van der Waals surface area contributed by atoms with Gasteiger partial charge in [-0.05, 0) is 85.3 Å². The van der Waals surface area contributed by atoms with Gasteiger partial charge in [-0.1, -0.05) is 36.4 Å². The maximum atomic E-state index is 13.3. The fourth-order valence-corrected chi connectivity index (χ4v) is 4.72. The molecule has 0 aromatic heterocycles. The molecule has 0 spiro atoms. The highest BCUT2D eigenvalue weighted by Crippen LogP contribution is 2.26. The van der Waals surface area contributed by atoms with Crippen molar-refractivity contribution in [3.63, 3.8) is 0 Å². The van der Waals surface area contributed by atoms with Crippen LogP contribution in [0.1, 0.15) is 33.2 Å². The van der Waals surface area contributed by atoms with Crippen LogP contribution in [0.2, 0.25) is 0 Å². The normalized spacial score (nSPS) is 11.6. The van der Waals surface area contributed by atoms with Crippen LogP contribution in [-0.2, 0) is 9.59 Å². The number of hydrogen-bond acceptors (Lipinski definition) is 6. The average molecular weight is 596 g/mol. The molecule has 0 saturated carbocycles. The van der Waals surface area contributed by atoms with Crippen molar-refractivity contribution in [3.8, 4) is 5.75 Å². The topological polar surface area (TPSA) is 134 Å². The molecule has 0 bridgehead atoms. The molecule has 1 atom stereocenters. The van der Waals surface area contributed by atoms with E-state index in [2.05, 4.69) is 16.0 Å². The Morgan fingerprint density at radius 2 is 1.47 bits per heavy atom. The highest BCUT2D eigenvalue weighted by Gasteiger charge is 2.17. The summed E-state index contributed by atoms with van der Waals surface area (Å²) in [6, 6.07) is 28.6. The lowest BCUT2D eigenvalue weighted by molar-refractivity contribution is -0.115. The molecule has 4 N–H and O–H groups in total. The predicted octanol–water partition coefficient (Wildman–Crippen LogP) is 5.92. The summed E-state index contributed by atoms with van der Waals surface area (Å²) in [5, 5.41) is 16.9. The molecule has 4 aromatic carbocycles. The maximum absolute atomic E-state index is 13.3. The molecule has 0 fully saturated rings. The van der Waals surface area contributed by atoms with Crippen molar-refractivity contribution in [1.82, 2.24) is 5.32 Å². The molecule has 218 valence electrons. The molecule has 3 amide bonds. The Balaban J connectivity index is 1.42. The summed E-state index contributed by atoms with van der Waals surface area (Å²) in [6.45, 7) is 1.74. The summed E-state index contributed by atoms with van der Waals surface area (Å²) in [4.78, 5) is 50.8. The first-order valence-electron chi connectivity index (χ1n) is 13.2. The van der Waals surface area contributed by atoms with E-state index < -0.39 is 23.0 Å². The molecule has 0 aliphatic heterocycles. The van der Waals surface area contributed by atoms with Crippen molar-refractivity contribution in [2.75, 3.05) is 17.7 Å². The summed E-state index contributed by atoms with van der Waals surface area (Å²) in [6.07, 6.45) is 1.58. The summed E-state index contributed by atoms with van der Waals surface area (Å²) in [5.41, 5.74) is 2.12. The van der Waals surface area contributed by atoms with E-state index in [-0.39, 0.29) is 17.2 Å². The molecule has 43 heavy (non-hydrogen) atoms. The monoisotopic (exact) mass is 595 g/mol. The number of carboxylic acid groups (broad SMARTS) is 1. The van der Waals surface area contributed by atoms with Gasteiger partial charge in [-0.3, -0.25) is 14.4 Å². The zero-order chi connectivity index (χ0) is 30.8. The first-order valence-corrected chi connectivity index (χ1v) is 14.0. The van der Waals surface area contributed by atoms with Gasteiger partial charge in [-0.2, -0.15) is 0 Å². The average Bonchev–Trinajstić information content (AvgIpc) is 3.02. The van der Waals surface area contributed by atoms with E-state index in [1.807, 2.05) is 0 Å². The third-order valence-electron chi connectivity index (χ3n) is 6.13. The minimum absolute atomic E-state index is 0.0507. The van der Waals surface area contributed by atoms with Gasteiger partial charge in [0.25, 0.3) is 11.8 Å². The summed E-state index contributed by atoms with van der Waals surface area (Å²) < 4.78 is 5.20. The van der Waals surface area contributed by atoms with Crippen molar-refractivity contribution in [3.05, 3.63) is 126 Å². The number of anilines is 2. The maximum Gasteiger partial charge on any atom is 0.335 e. The van der Waals surface area contributed by atoms with E-state index in [0.717, 1.165) is 4.90 Å². The molecular formula is C33H29N3O6S. The highest BCUT2D eigenvalue weighted by molar-refractivity contribution is 8.00. The number of carbonyl (C=O) groups excluding carboxylic acids is 3. The van der Waals surface area contributed by atoms with E-state index in [1.165, 1.54) is 23.9 Å². The lowest BCUT2D eigenvalue weighted by Gasteiger charge is -2.14. The van der Waals surface area contributed by atoms with Crippen molar-refractivity contribution >= 4 is 52.9 Å². The minimum atomic E-state index is -1.08. The lowest BCUT2D eigenvalue weighted by atomic mass is 10.1. The van der Waals surface area contributed by atoms with Gasteiger partial charge in [-0.15, -0.1) is 11.8 Å². The molecule has 0 aliphatic carbocycles. The van der Waals surface area contributed by atoms with E-state index in [1.54, 1.807) is 111 Å². The van der Waals surface area contributed by atoms with Crippen molar-refractivity contribution < 1.29 is 29.0 Å². The Morgan fingerprint density at radius 1 is 0.791 bits per heavy atom. The standard InChI is InChI=1S/C33H29N3O6S/c1-21(30(37)35-26-10-6-9-24(20-26)33(40)41)43-28-17-13-25(14-18-28)34-32(39)29(19-22-11-15-27(42-2)16-12-22)36-31(38)23-7-4-3-5-8-23/h3-21H,1-2H3,(H,34,39)(H,35,37)(H,36,38)(H,40,41)/b29-19-. The van der Waals surface area contributed by atoms with Crippen LogP contribution in [0.15, 0.2) is 114 Å². The fourth-order valence-electron chi connectivity index (χ4n) is 3.86. The number of amides is 3. The third kappa shape index (κ3) is 8.82. The van der Waals surface area contributed by atoms with Crippen LogP contribution in [0.3, 0.4) is 0 Å². The second-order valence-electron chi connectivity index (χ2n) is 9.27. The van der Waals surface area contributed by atoms with E-state index in [4.69, 9.17) is 9.84 Å². The Hall–Kier alpha value is -5.35. The Morgan fingerprint density at radius 3 is 2.12 bits per heavy atom. The number of aromatic carboxylic acids is 1. The fraction of sp³-hybridized carbons (Fsp3) is 0.0909. The first kappa shape index (κ1) is 30.6. The molecule has 0 aliphatic rings. The van der Waals surface area contributed by atoms with Gasteiger partial charge in [0, 0.05) is 21.8 Å². The summed E-state index contributed by atoms with van der Waals surface area (Å²) >= 11 is 1.31. The quantitative estimate of drug-likeness (QED) is 0.125. The number of methoxy groups -OCH3 is 1. The van der Waals surface area contributed by atoms with Gasteiger partial charge in [0.2, 0.25) is 5.91 Å². The van der Waals surface area contributed by atoms with Crippen LogP contribution in [-0.4, -0.2) is 41.2 Å². The van der Waals surface area contributed by atoms with E-state index >= 15 is 0 Å². The third-order valence-corrected chi connectivity index (χ3v) is 7.24. The van der Waals surface area contributed by atoms with Crippen LogP contribution < -0.4 is 20.7 Å². The second kappa shape index (κ2) is 14.5. The summed E-state index contributed by atoms with van der Waals surface area (Å²) in [5.74, 6) is -1.64. The first-order chi connectivity index (χ1) is 20.7. The molecule has 9 nitrogen and oxygen atoms in total. The van der Waals surface area contributed by atoms with Crippen LogP contribution in [0, 0.1) is 0 Å². The van der Waals surface area contributed by atoms with Gasteiger partial charge in [0.1, 0.15) is 11.4 Å². The molecular weight excluding hydrogens is 566 g/mol. The van der Waals surface area contributed by atoms with Gasteiger partial charge in [0.05, 0.1) is 17.9 Å². The smallest absolute Gasteiger partial charge is 0.335 e. The van der Waals surface area contributed by atoms with Gasteiger partial charge >= 0.3 is 5.97 Å². The number of benzene rings is 4. The number of carbonyl (C=O) groups is 4. The molecule has 10 heteroatoms. The predicted molar refractivity (Wildman–Crippen MR) is 167 cm³/mol. The zero-order valence-electron chi connectivity index (χ0n) is 23.4. The summed E-state index contributed by atoms with van der Waals surface area (Å²) in [7, 11) is 1.56. The number of carboxylic acids is 1. The van der Waals surface area contributed by atoms with Crippen molar-refractivity contribution in [2.45, 2.75) is 17.1 Å². The Bertz CT molecular complexity index is 1640. The van der Waals surface area contributed by atoms with Crippen LogP contribution in [0.4, 0.5) is 11.4 Å². The van der Waals surface area contributed by atoms with Crippen LogP contribution >= 0.6 is 11.8 Å². The number of hydrogen-bond donors (Lipinski definition) is 4. The molecule has 4 aromatic rings.